The normalized spacial score (nSPS) is 11.8. The highest BCUT2D eigenvalue weighted by Crippen LogP contribution is 2.34. The minimum Gasteiger partial charge on any atom is -0.349 e. The zero-order valence-corrected chi connectivity index (χ0v) is 19.7. The summed E-state index contributed by atoms with van der Waals surface area (Å²) in [6.07, 6.45) is -4.61. The Balaban J connectivity index is 1.53. The lowest BCUT2D eigenvalue weighted by Crippen LogP contribution is -2.23. The number of alkyl halides is 3. The lowest BCUT2D eigenvalue weighted by molar-refractivity contribution is -0.137. The van der Waals surface area contributed by atoms with Crippen molar-refractivity contribution in [3.8, 4) is 5.69 Å². The number of hydrogen-bond donors (Lipinski definition) is 2. The van der Waals surface area contributed by atoms with Gasteiger partial charge in [0, 0.05) is 10.9 Å². The van der Waals surface area contributed by atoms with Gasteiger partial charge in [0.05, 0.1) is 22.7 Å². The second-order valence-electron chi connectivity index (χ2n) is 8.14. The zero-order valence-electron chi connectivity index (χ0n) is 18.9. The van der Waals surface area contributed by atoms with Crippen molar-refractivity contribution in [3.63, 3.8) is 0 Å². The van der Waals surface area contributed by atoms with E-state index < -0.39 is 17.6 Å². The van der Waals surface area contributed by atoms with E-state index in [0.29, 0.717) is 16.7 Å². The van der Waals surface area contributed by atoms with Gasteiger partial charge in [-0.05, 0) is 37.3 Å². The average molecular weight is 509 g/mol. The van der Waals surface area contributed by atoms with Crippen LogP contribution in [-0.2, 0) is 11.0 Å². The van der Waals surface area contributed by atoms with Gasteiger partial charge in [0.2, 0.25) is 5.91 Å². The van der Waals surface area contributed by atoms with E-state index >= 15 is 0 Å². The van der Waals surface area contributed by atoms with Crippen LogP contribution in [0.15, 0.2) is 82.7 Å². The molecule has 5 aromatic rings. The number of aromatic nitrogens is 3. The van der Waals surface area contributed by atoms with Gasteiger partial charge >= 0.3 is 6.18 Å². The van der Waals surface area contributed by atoms with Crippen LogP contribution >= 0.6 is 11.8 Å². The third-order valence-electron chi connectivity index (χ3n) is 5.63. The highest BCUT2D eigenvalue weighted by molar-refractivity contribution is 7.99. The predicted octanol–water partition coefficient (Wildman–Crippen LogP) is 5.93. The van der Waals surface area contributed by atoms with Crippen LogP contribution in [0.2, 0.25) is 0 Å². The van der Waals surface area contributed by atoms with E-state index in [1.54, 1.807) is 12.1 Å². The van der Waals surface area contributed by atoms with E-state index in [4.69, 9.17) is 4.98 Å². The fourth-order valence-corrected chi connectivity index (χ4v) is 4.72. The Morgan fingerprint density at radius 1 is 1.03 bits per heavy atom. The summed E-state index contributed by atoms with van der Waals surface area (Å²) in [6, 6.07) is 19.4. The van der Waals surface area contributed by atoms with E-state index in [1.165, 1.54) is 22.8 Å². The molecule has 2 heterocycles. The molecule has 0 fully saturated rings. The number of aromatic amines is 1. The van der Waals surface area contributed by atoms with Crippen molar-refractivity contribution in [2.24, 2.45) is 0 Å². The SMILES string of the molecule is Cc1ccc(-n2c(SCC(=O)Nc3ccccc3C(F)(F)F)nc3c([nH]c4ccccc43)c2=O)cc1. The summed E-state index contributed by atoms with van der Waals surface area (Å²) in [5.41, 5.74) is 1.49. The molecule has 0 radical (unpaired) electrons. The lowest BCUT2D eigenvalue weighted by atomic mass is 10.1. The minimum absolute atomic E-state index is 0.250. The molecule has 182 valence electrons. The Bertz CT molecular complexity index is 1660. The Hall–Kier alpha value is -4.05. The Kier molecular flexibility index (Phi) is 6.05. The van der Waals surface area contributed by atoms with E-state index in [2.05, 4.69) is 10.3 Å². The lowest BCUT2D eigenvalue weighted by Gasteiger charge is -2.14. The molecule has 0 unspecified atom stereocenters. The highest BCUT2D eigenvalue weighted by Gasteiger charge is 2.33. The number of halogens is 3. The number of carbonyl (C=O) groups is 1. The van der Waals surface area contributed by atoms with Crippen LogP contribution in [0.4, 0.5) is 18.9 Å². The molecular formula is C26H19F3N4O2S. The Labute approximate surface area is 207 Å². The zero-order chi connectivity index (χ0) is 25.4. The molecule has 0 saturated carbocycles. The maximum Gasteiger partial charge on any atom is 0.418 e. The number of hydrogen-bond acceptors (Lipinski definition) is 4. The summed E-state index contributed by atoms with van der Waals surface area (Å²) >= 11 is 0.972. The summed E-state index contributed by atoms with van der Waals surface area (Å²) in [5, 5.41) is 3.34. The standard InChI is InChI=1S/C26H19F3N4O2S/c1-15-10-12-16(13-11-15)33-24(35)23-22(17-6-2-4-8-19(17)31-23)32-25(33)36-14-21(34)30-20-9-5-3-7-18(20)26(27,28)29/h2-13,31H,14H2,1H3,(H,30,34). The Morgan fingerprint density at radius 3 is 2.47 bits per heavy atom. The Morgan fingerprint density at radius 2 is 1.72 bits per heavy atom. The predicted molar refractivity (Wildman–Crippen MR) is 135 cm³/mol. The summed E-state index contributed by atoms with van der Waals surface area (Å²) < 4.78 is 41.3. The molecule has 0 spiro atoms. The number of para-hydroxylation sites is 2. The number of nitrogens with zero attached hydrogens (tertiary/aromatic N) is 2. The van der Waals surface area contributed by atoms with Crippen molar-refractivity contribution < 1.29 is 18.0 Å². The second-order valence-corrected chi connectivity index (χ2v) is 9.09. The van der Waals surface area contributed by atoms with Gasteiger partial charge in [-0.15, -0.1) is 0 Å². The number of benzene rings is 3. The fourth-order valence-electron chi connectivity index (χ4n) is 3.92. The third-order valence-corrected chi connectivity index (χ3v) is 6.56. The molecule has 36 heavy (non-hydrogen) atoms. The number of anilines is 1. The maximum absolute atomic E-state index is 13.5. The first kappa shape index (κ1) is 23.7. The van der Waals surface area contributed by atoms with Crippen molar-refractivity contribution in [3.05, 3.63) is 94.3 Å². The van der Waals surface area contributed by atoms with Crippen molar-refractivity contribution in [2.75, 3.05) is 11.1 Å². The largest absolute Gasteiger partial charge is 0.418 e. The number of rotatable bonds is 5. The van der Waals surface area contributed by atoms with Crippen molar-refractivity contribution in [1.82, 2.24) is 14.5 Å². The van der Waals surface area contributed by atoms with Gasteiger partial charge in [0.15, 0.2) is 5.16 Å². The molecule has 0 saturated heterocycles. The summed E-state index contributed by atoms with van der Waals surface area (Å²) in [4.78, 5) is 34.0. The third kappa shape index (κ3) is 4.47. The molecule has 5 rings (SSSR count). The molecular weight excluding hydrogens is 489 g/mol. The van der Waals surface area contributed by atoms with Crippen LogP contribution in [0, 0.1) is 6.92 Å². The topological polar surface area (TPSA) is 79.8 Å². The minimum atomic E-state index is -4.61. The molecule has 2 aromatic heterocycles. The molecule has 1 amide bonds. The van der Waals surface area contributed by atoms with Crippen molar-refractivity contribution in [1.29, 1.82) is 0 Å². The summed E-state index contributed by atoms with van der Waals surface area (Å²) in [6.45, 7) is 1.92. The van der Waals surface area contributed by atoms with Gasteiger partial charge in [-0.25, -0.2) is 4.98 Å². The van der Waals surface area contributed by atoms with Crippen LogP contribution in [-0.4, -0.2) is 26.2 Å². The quantitative estimate of drug-likeness (QED) is 0.228. The first-order chi connectivity index (χ1) is 17.2. The molecule has 0 bridgehead atoms. The first-order valence-corrected chi connectivity index (χ1v) is 11.9. The number of carbonyl (C=O) groups excluding carboxylic acids is 1. The number of fused-ring (bicyclic) bond motifs is 3. The van der Waals surface area contributed by atoms with E-state index in [9.17, 15) is 22.8 Å². The smallest absolute Gasteiger partial charge is 0.349 e. The monoisotopic (exact) mass is 508 g/mol. The maximum atomic E-state index is 13.5. The molecule has 0 aliphatic carbocycles. The number of H-pyrrole nitrogens is 1. The van der Waals surface area contributed by atoms with Gasteiger partial charge in [-0.2, -0.15) is 13.2 Å². The van der Waals surface area contributed by atoms with Crippen LogP contribution < -0.4 is 10.9 Å². The first-order valence-electron chi connectivity index (χ1n) is 10.9. The van der Waals surface area contributed by atoms with Gasteiger partial charge in [-0.1, -0.05) is 59.8 Å². The van der Waals surface area contributed by atoms with Crippen LogP contribution in [0.5, 0.6) is 0 Å². The van der Waals surface area contributed by atoms with Gasteiger partial charge in [-0.3, -0.25) is 14.2 Å². The van der Waals surface area contributed by atoms with Crippen LogP contribution in [0.3, 0.4) is 0 Å². The molecule has 0 atom stereocenters. The summed E-state index contributed by atoms with van der Waals surface area (Å²) in [7, 11) is 0. The number of amides is 1. The highest BCUT2D eigenvalue weighted by atomic mass is 32.2. The van der Waals surface area contributed by atoms with E-state index in [1.807, 2.05) is 43.3 Å². The van der Waals surface area contributed by atoms with E-state index in [0.717, 1.165) is 34.3 Å². The molecule has 6 nitrogen and oxygen atoms in total. The number of nitrogens with one attached hydrogen (secondary N) is 2. The second kappa shape index (κ2) is 9.19. The number of thioether (sulfide) groups is 1. The van der Waals surface area contributed by atoms with Crippen LogP contribution in [0.25, 0.3) is 27.6 Å². The molecule has 2 N–H and O–H groups in total. The molecule has 10 heteroatoms. The van der Waals surface area contributed by atoms with Crippen LogP contribution in [0.1, 0.15) is 11.1 Å². The molecule has 3 aromatic carbocycles. The molecule has 0 aliphatic heterocycles. The van der Waals surface area contributed by atoms with Gasteiger partial charge in [0.1, 0.15) is 11.0 Å². The van der Waals surface area contributed by atoms with E-state index in [-0.39, 0.29) is 22.2 Å². The molecule has 0 aliphatic rings. The fraction of sp³-hybridized carbons (Fsp3) is 0.115. The number of aryl methyl sites for hydroxylation is 1. The van der Waals surface area contributed by atoms with Gasteiger partial charge < -0.3 is 10.3 Å². The van der Waals surface area contributed by atoms with Gasteiger partial charge in [0.25, 0.3) is 5.56 Å². The van der Waals surface area contributed by atoms with Crippen molar-refractivity contribution in [2.45, 2.75) is 18.3 Å². The average Bonchev–Trinajstić information content (AvgIpc) is 3.22. The summed E-state index contributed by atoms with van der Waals surface area (Å²) in [5.74, 6) is -0.904. The van der Waals surface area contributed by atoms with Crippen molar-refractivity contribution >= 4 is 45.3 Å².